The van der Waals surface area contributed by atoms with Gasteiger partial charge in [0.15, 0.2) is 0 Å². The normalized spacial score (nSPS) is 17.4. The van der Waals surface area contributed by atoms with Gasteiger partial charge in [0.2, 0.25) is 0 Å². The predicted molar refractivity (Wildman–Crippen MR) is 89.3 cm³/mol. The summed E-state index contributed by atoms with van der Waals surface area (Å²) in [5.41, 5.74) is 2.43. The van der Waals surface area contributed by atoms with Gasteiger partial charge in [0.25, 0.3) is 5.91 Å². The molecule has 0 radical (unpaired) electrons. The van der Waals surface area contributed by atoms with Crippen molar-refractivity contribution >= 4 is 5.91 Å². The third-order valence-corrected chi connectivity index (χ3v) is 5.09. The van der Waals surface area contributed by atoms with Crippen molar-refractivity contribution in [1.29, 1.82) is 0 Å². The summed E-state index contributed by atoms with van der Waals surface area (Å²) in [6.45, 7) is 1.80. The summed E-state index contributed by atoms with van der Waals surface area (Å²) in [6, 6.07) is 4.80. The fraction of sp³-hybridized carbons (Fsp3) is 0.368. The lowest BCUT2D eigenvalue weighted by Crippen LogP contribution is -2.30. The SMILES string of the molecule is CN1Cc2c(cc(CN3CCc4ccncc4C3)cc2C(F)(F)F)C1=O. The van der Waals surface area contributed by atoms with E-state index in [1.165, 1.54) is 23.6 Å². The molecule has 1 aromatic heterocycles. The minimum absolute atomic E-state index is 0.00600. The lowest BCUT2D eigenvalue weighted by atomic mass is 9.97. The smallest absolute Gasteiger partial charge is 0.337 e. The zero-order chi connectivity index (χ0) is 18.5. The van der Waals surface area contributed by atoms with E-state index in [-0.39, 0.29) is 23.6 Å². The molecular weight excluding hydrogens is 343 g/mol. The summed E-state index contributed by atoms with van der Waals surface area (Å²) in [4.78, 5) is 19.8. The largest absolute Gasteiger partial charge is 0.416 e. The first-order valence-corrected chi connectivity index (χ1v) is 8.45. The van der Waals surface area contributed by atoms with Crippen LogP contribution in [0.1, 0.15) is 38.2 Å². The molecule has 2 aromatic rings. The Hall–Kier alpha value is -2.41. The van der Waals surface area contributed by atoms with Gasteiger partial charge in [-0.3, -0.25) is 14.7 Å². The Morgan fingerprint density at radius 2 is 2.00 bits per heavy atom. The van der Waals surface area contributed by atoms with Crippen molar-refractivity contribution in [3.05, 3.63) is 64.0 Å². The fourth-order valence-corrected chi connectivity index (χ4v) is 3.79. The van der Waals surface area contributed by atoms with Crippen LogP contribution in [-0.4, -0.2) is 34.3 Å². The zero-order valence-corrected chi connectivity index (χ0v) is 14.3. The molecule has 0 unspecified atom stereocenters. The molecule has 4 nitrogen and oxygen atoms in total. The van der Waals surface area contributed by atoms with Crippen molar-refractivity contribution in [1.82, 2.24) is 14.8 Å². The van der Waals surface area contributed by atoms with E-state index in [9.17, 15) is 18.0 Å². The number of rotatable bonds is 2. The number of halogens is 3. The Balaban J connectivity index is 1.65. The number of benzene rings is 1. The summed E-state index contributed by atoms with van der Waals surface area (Å²) in [5, 5.41) is 0. The third-order valence-electron chi connectivity index (χ3n) is 5.09. The highest BCUT2D eigenvalue weighted by atomic mass is 19.4. The number of fused-ring (bicyclic) bond motifs is 2. The molecule has 0 spiro atoms. The van der Waals surface area contributed by atoms with Crippen LogP contribution in [0.5, 0.6) is 0 Å². The molecule has 2 aliphatic rings. The minimum Gasteiger partial charge on any atom is -0.337 e. The van der Waals surface area contributed by atoms with Crippen LogP contribution in [0, 0.1) is 0 Å². The van der Waals surface area contributed by atoms with E-state index in [1.54, 1.807) is 12.3 Å². The molecule has 0 saturated heterocycles. The lowest BCUT2D eigenvalue weighted by molar-refractivity contribution is -0.138. The van der Waals surface area contributed by atoms with Gasteiger partial charge in [-0.1, -0.05) is 0 Å². The Morgan fingerprint density at radius 3 is 2.77 bits per heavy atom. The Morgan fingerprint density at radius 1 is 1.19 bits per heavy atom. The van der Waals surface area contributed by atoms with E-state index < -0.39 is 11.7 Å². The average Bonchev–Trinajstić information content (AvgIpc) is 2.88. The minimum atomic E-state index is -4.47. The van der Waals surface area contributed by atoms with Crippen LogP contribution in [0.25, 0.3) is 0 Å². The van der Waals surface area contributed by atoms with E-state index in [0.717, 1.165) is 18.5 Å². The number of hydrogen-bond donors (Lipinski definition) is 0. The van der Waals surface area contributed by atoms with Crippen molar-refractivity contribution in [2.75, 3.05) is 13.6 Å². The van der Waals surface area contributed by atoms with Crippen LogP contribution < -0.4 is 0 Å². The number of nitrogens with zero attached hydrogens (tertiary/aromatic N) is 3. The predicted octanol–water partition coefficient (Wildman–Crippen LogP) is 3.24. The van der Waals surface area contributed by atoms with Gasteiger partial charge in [0.1, 0.15) is 0 Å². The Bertz CT molecular complexity index is 879. The number of hydrogen-bond acceptors (Lipinski definition) is 3. The van der Waals surface area contributed by atoms with Crippen LogP contribution in [0.15, 0.2) is 30.6 Å². The Kier molecular flexibility index (Phi) is 3.99. The van der Waals surface area contributed by atoms with Gasteiger partial charge < -0.3 is 4.90 Å². The maximum absolute atomic E-state index is 13.5. The summed E-state index contributed by atoms with van der Waals surface area (Å²) in [7, 11) is 1.52. The molecule has 0 saturated carbocycles. The highest BCUT2D eigenvalue weighted by Gasteiger charge is 2.39. The van der Waals surface area contributed by atoms with Gasteiger partial charge in [0, 0.05) is 51.2 Å². The van der Waals surface area contributed by atoms with Gasteiger partial charge in [-0.2, -0.15) is 13.2 Å². The highest BCUT2D eigenvalue weighted by Crippen LogP contribution is 2.38. The summed E-state index contributed by atoms with van der Waals surface area (Å²) in [6.07, 6.45) is -0.0584. The van der Waals surface area contributed by atoms with Gasteiger partial charge >= 0.3 is 6.18 Å². The maximum Gasteiger partial charge on any atom is 0.416 e. The van der Waals surface area contributed by atoms with Crippen LogP contribution in [0.2, 0.25) is 0 Å². The molecule has 0 aliphatic carbocycles. The number of carbonyl (C=O) groups is 1. The van der Waals surface area contributed by atoms with Crippen molar-refractivity contribution in [3.63, 3.8) is 0 Å². The van der Waals surface area contributed by atoms with E-state index in [2.05, 4.69) is 9.88 Å². The third kappa shape index (κ3) is 2.96. The van der Waals surface area contributed by atoms with Crippen molar-refractivity contribution in [2.24, 2.45) is 0 Å². The molecule has 2 aliphatic heterocycles. The van der Waals surface area contributed by atoms with Gasteiger partial charge in [-0.25, -0.2) is 0 Å². The maximum atomic E-state index is 13.5. The molecule has 26 heavy (non-hydrogen) atoms. The van der Waals surface area contributed by atoms with Crippen molar-refractivity contribution < 1.29 is 18.0 Å². The standard InChI is InChI=1S/C19H18F3N3O/c1-24-11-16-15(18(24)26)6-12(7-17(16)19(20,21)22)9-25-5-3-13-2-4-23-8-14(13)10-25/h2,4,6-8H,3,5,9-11H2,1H3. The molecule has 0 N–H and O–H groups in total. The average molecular weight is 361 g/mol. The van der Waals surface area contributed by atoms with Gasteiger partial charge in [0.05, 0.1) is 5.56 Å². The second-order valence-electron chi connectivity index (χ2n) is 6.93. The van der Waals surface area contributed by atoms with Crippen molar-refractivity contribution in [3.8, 4) is 0 Å². The quantitative estimate of drug-likeness (QED) is 0.824. The molecule has 0 bridgehead atoms. The Labute approximate surface area is 149 Å². The fourth-order valence-electron chi connectivity index (χ4n) is 3.79. The number of amides is 1. The van der Waals surface area contributed by atoms with E-state index in [1.807, 2.05) is 12.3 Å². The second-order valence-corrected chi connectivity index (χ2v) is 6.93. The number of carbonyl (C=O) groups excluding carboxylic acids is 1. The monoisotopic (exact) mass is 361 g/mol. The van der Waals surface area contributed by atoms with Crippen LogP contribution in [-0.2, 0) is 32.2 Å². The first-order chi connectivity index (χ1) is 12.3. The molecule has 7 heteroatoms. The molecular formula is C19H18F3N3O. The highest BCUT2D eigenvalue weighted by molar-refractivity contribution is 5.98. The molecule has 136 valence electrons. The molecule has 1 aromatic carbocycles. The van der Waals surface area contributed by atoms with Crippen LogP contribution >= 0.6 is 0 Å². The topological polar surface area (TPSA) is 36.4 Å². The number of aromatic nitrogens is 1. The van der Waals surface area contributed by atoms with Crippen molar-refractivity contribution in [2.45, 2.75) is 32.2 Å². The van der Waals surface area contributed by atoms with E-state index in [0.29, 0.717) is 18.7 Å². The molecule has 3 heterocycles. The molecule has 0 atom stereocenters. The van der Waals surface area contributed by atoms with E-state index >= 15 is 0 Å². The molecule has 0 fully saturated rings. The zero-order valence-electron chi connectivity index (χ0n) is 14.3. The first-order valence-electron chi connectivity index (χ1n) is 8.45. The first kappa shape index (κ1) is 17.0. The van der Waals surface area contributed by atoms with E-state index in [4.69, 9.17) is 0 Å². The number of pyridine rings is 1. The lowest BCUT2D eigenvalue weighted by Gasteiger charge is -2.28. The van der Waals surface area contributed by atoms with Gasteiger partial charge in [-0.15, -0.1) is 0 Å². The van der Waals surface area contributed by atoms with Gasteiger partial charge in [-0.05, 0) is 46.9 Å². The number of alkyl halides is 3. The summed E-state index contributed by atoms with van der Waals surface area (Å²) < 4.78 is 40.5. The van der Waals surface area contributed by atoms with Crippen LogP contribution in [0.4, 0.5) is 13.2 Å². The second kappa shape index (κ2) is 6.09. The molecule has 4 rings (SSSR count). The summed E-state index contributed by atoms with van der Waals surface area (Å²) >= 11 is 0. The summed E-state index contributed by atoms with van der Waals surface area (Å²) in [5.74, 6) is -0.347. The molecule has 1 amide bonds. The van der Waals surface area contributed by atoms with Crippen LogP contribution in [0.3, 0.4) is 0 Å².